The molecule has 1 aliphatic heterocycles. The molecule has 6 heteroatoms. The Bertz CT molecular complexity index is 540. The first-order valence-electron chi connectivity index (χ1n) is 7.78. The minimum Gasteiger partial charge on any atom is -0.352 e. The van der Waals surface area contributed by atoms with Crippen LogP contribution >= 0.6 is 23.2 Å². The van der Waals surface area contributed by atoms with Gasteiger partial charge in [-0.15, -0.1) is 0 Å². The molecule has 0 bridgehead atoms. The lowest BCUT2D eigenvalue weighted by atomic mass is 10.2. The van der Waals surface area contributed by atoms with E-state index >= 15 is 0 Å². The smallest absolute Gasteiger partial charge is 0.234 e. The third-order valence-corrected chi connectivity index (χ3v) is 4.77. The van der Waals surface area contributed by atoms with Crippen molar-refractivity contribution < 1.29 is 4.79 Å². The van der Waals surface area contributed by atoms with E-state index in [1.165, 1.54) is 0 Å². The number of piperazine rings is 1. The highest BCUT2D eigenvalue weighted by Gasteiger charge is 2.25. The topological polar surface area (TPSA) is 35.6 Å². The summed E-state index contributed by atoms with van der Waals surface area (Å²) in [4.78, 5) is 16.4. The van der Waals surface area contributed by atoms with Crippen LogP contribution in [0.2, 0.25) is 10.0 Å². The van der Waals surface area contributed by atoms with Crippen LogP contribution in [-0.2, 0) is 11.3 Å². The van der Waals surface area contributed by atoms with E-state index < -0.39 is 0 Å². The molecule has 2 aliphatic rings. The lowest BCUT2D eigenvalue weighted by Gasteiger charge is -2.34. The highest BCUT2D eigenvalue weighted by atomic mass is 35.5. The van der Waals surface area contributed by atoms with Gasteiger partial charge in [0.15, 0.2) is 0 Å². The molecule has 1 saturated carbocycles. The lowest BCUT2D eigenvalue weighted by Crippen LogP contribution is -2.49. The first-order valence-corrected chi connectivity index (χ1v) is 8.54. The fourth-order valence-corrected chi connectivity index (χ4v) is 3.17. The number of carbonyl (C=O) groups is 1. The number of amides is 1. The predicted octanol–water partition coefficient (Wildman–Crippen LogP) is 2.39. The average Bonchev–Trinajstić information content (AvgIpc) is 3.28. The standard InChI is InChI=1S/C16H21Cl2N3O/c17-13-2-1-12(15(18)9-13)10-20-5-7-21(8-6-20)11-16(22)19-14-3-4-14/h1-2,9,14H,3-8,10-11H2,(H,19,22). The Morgan fingerprint density at radius 1 is 1.14 bits per heavy atom. The summed E-state index contributed by atoms with van der Waals surface area (Å²) in [7, 11) is 0. The molecular formula is C16H21Cl2N3O. The Hall–Kier alpha value is -0.810. The Balaban J connectivity index is 1.43. The summed E-state index contributed by atoms with van der Waals surface area (Å²) in [5.74, 6) is 0.164. The van der Waals surface area contributed by atoms with Crippen LogP contribution in [0.1, 0.15) is 18.4 Å². The van der Waals surface area contributed by atoms with E-state index in [4.69, 9.17) is 23.2 Å². The molecular weight excluding hydrogens is 321 g/mol. The minimum atomic E-state index is 0.164. The minimum absolute atomic E-state index is 0.164. The Labute approximate surface area is 141 Å². The number of benzene rings is 1. The summed E-state index contributed by atoms with van der Waals surface area (Å²) >= 11 is 12.2. The van der Waals surface area contributed by atoms with Crippen molar-refractivity contribution in [3.05, 3.63) is 33.8 Å². The van der Waals surface area contributed by atoms with Crippen LogP contribution in [0, 0.1) is 0 Å². The van der Waals surface area contributed by atoms with Gasteiger partial charge in [-0.05, 0) is 30.5 Å². The highest BCUT2D eigenvalue weighted by Crippen LogP contribution is 2.22. The van der Waals surface area contributed by atoms with E-state index in [2.05, 4.69) is 15.1 Å². The Kier molecular flexibility index (Phi) is 5.24. The van der Waals surface area contributed by atoms with Crippen LogP contribution in [0.15, 0.2) is 18.2 Å². The van der Waals surface area contributed by atoms with Crippen molar-refractivity contribution in [3.63, 3.8) is 0 Å². The fraction of sp³-hybridized carbons (Fsp3) is 0.562. The number of nitrogens with one attached hydrogen (secondary N) is 1. The molecule has 1 N–H and O–H groups in total. The van der Waals surface area contributed by atoms with Gasteiger partial charge < -0.3 is 5.32 Å². The highest BCUT2D eigenvalue weighted by molar-refractivity contribution is 6.35. The summed E-state index contributed by atoms with van der Waals surface area (Å²) in [6, 6.07) is 6.10. The van der Waals surface area contributed by atoms with Gasteiger partial charge in [0, 0.05) is 48.8 Å². The van der Waals surface area contributed by atoms with Gasteiger partial charge in [0.2, 0.25) is 5.91 Å². The molecule has 22 heavy (non-hydrogen) atoms. The van der Waals surface area contributed by atoms with Crippen LogP contribution in [0.3, 0.4) is 0 Å². The molecule has 0 aromatic heterocycles. The van der Waals surface area contributed by atoms with Crippen molar-refractivity contribution in [1.82, 2.24) is 15.1 Å². The van der Waals surface area contributed by atoms with E-state index in [1.807, 2.05) is 12.1 Å². The van der Waals surface area contributed by atoms with Crippen LogP contribution in [0.4, 0.5) is 0 Å². The van der Waals surface area contributed by atoms with Gasteiger partial charge >= 0.3 is 0 Å². The first-order chi connectivity index (χ1) is 10.6. The van der Waals surface area contributed by atoms with Crippen molar-refractivity contribution >= 4 is 29.1 Å². The second-order valence-electron chi connectivity index (χ2n) is 6.13. The molecule has 1 heterocycles. The lowest BCUT2D eigenvalue weighted by molar-refractivity contribution is -0.122. The van der Waals surface area contributed by atoms with E-state index in [1.54, 1.807) is 6.07 Å². The number of hydrogen-bond acceptors (Lipinski definition) is 3. The molecule has 1 saturated heterocycles. The Morgan fingerprint density at radius 2 is 1.82 bits per heavy atom. The monoisotopic (exact) mass is 341 g/mol. The zero-order valence-corrected chi connectivity index (χ0v) is 14.0. The number of hydrogen-bond donors (Lipinski definition) is 1. The average molecular weight is 342 g/mol. The second kappa shape index (κ2) is 7.18. The summed E-state index contributed by atoms with van der Waals surface area (Å²) in [6.07, 6.45) is 2.28. The normalized spacial score (nSPS) is 20.1. The third-order valence-electron chi connectivity index (χ3n) is 4.18. The van der Waals surface area contributed by atoms with Crippen molar-refractivity contribution in [3.8, 4) is 0 Å². The molecule has 3 rings (SSSR count). The molecule has 0 unspecified atom stereocenters. The van der Waals surface area contributed by atoms with Crippen molar-refractivity contribution in [2.45, 2.75) is 25.4 Å². The van der Waals surface area contributed by atoms with E-state index in [0.29, 0.717) is 17.6 Å². The summed E-state index contributed by atoms with van der Waals surface area (Å²) in [6.45, 7) is 5.10. The molecule has 0 radical (unpaired) electrons. The van der Waals surface area contributed by atoms with Gasteiger partial charge in [-0.25, -0.2) is 0 Å². The van der Waals surface area contributed by atoms with E-state index in [9.17, 15) is 4.79 Å². The molecule has 1 aromatic carbocycles. The number of halogens is 2. The van der Waals surface area contributed by atoms with Gasteiger partial charge in [-0.1, -0.05) is 29.3 Å². The zero-order valence-electron chi connectivity index (χ0n) is 12.5. The van der Waals surface area contributed by atoms with Gasteiger partial charge in [0.05, 0.1) is 6.54 Å². The van der Waals surface area contributed by atoms with Crippen molar-refractivity contribution in [2.24, 2.45) is 0 Å². The third kappa shape index (κ3) is 4.59. The molecule has 1 aliphatic carbocycles. The van der Waals surface area contributed by atoms with Crippen molar-refractivity contribution in [2.75, 3.05) is 32.7 Å². The van der Waals surface area contributed by atoms with Crippen LogP contribution < -0.4 is 5.32 Å². The first kappa shape index (κ1) is 16.1. The van der Waals surface area contributed by atoms with E-state index in [0.717, 1.165) is 56.2 Å². The maximum absolute atomic E-state index is 11.8. The SMILES string of the molecule is O=C(CN1CCN(Cc2ccc(Cl)cc2Cl)CC1)NC1CC1. The molecule has 1 amide bonds. The number of nitrogens with zero attached hydrogens (tertiary/aromatic N) is 2. The van der Waals surface area contributed by atoms with Gasteiger partial charge in [0.25, 0.3) is 0 Å². The summed E-state index contributed by atoms with van der Waals surface area (Å²) in [5.41, 5.74) is 1.10. The summed E-state index contributed by atoms with van der Waals surface area (Å²) in [5, 5.41) is 4.43. The zero-order chi connectivity index (χ0) is 15.5. The maximum Gasteiger partial charge on any atom is 0.234 e. The predicted molar refractivity (Wildman–Crippen MR) is 89.3 cm³/mol. The molecule has 0 spiro atoms. The molecule has 4 nitrogen and oxygen atoms in total. The number of rotatable bonds is 5. The van der Waals surface area contributed by atoms with Crippen molar-refractivity contribution in [1.29, 1.82) is 0 Å². The number of carbonyl (C=O) groups excluding carboxylic acids is 1. The maximum atomic E-state index is 11.8. The van der Waals surface area contributed by atoms with Gasteiger partial charge in [0.1, 0.15) is 0 Å². The van der Waals surface area contributed by atoms with Gasteiger partial charge in [-0.3, -0.25) is 14.6 Å². The summed E-state index contributed by atoms with van der Waals surface area (Å²) < 4.78 is 0. The van der Waals surface area contributed by atoms with E-state index in [-0.39, 0.29) is 5.91 Å². The fourth-order valence-electron chi connectivity index (χ4n) is 2.70. The second-order valence-corrected chi connectivity index (χ2v) is 6.97. The van der Waals surface area contributed by atoms with Crippen LogP contribution in [0.25, 0.3) is 0 Å². The quantitative estimate of drug-likeness (QED) is 0.893. The Morgan fingerprint density at radius 3 is 2.45 bits per heavy atom. The van der Waals surface area contributed by atoms with Crippen LogP contribution in [0.5, 0.6) is 0 Å². The van der Waals surface area contributed by atoms with Gasteiger partial charge in [-0.2, -0.15) is 0 Å². The molecule has 120 valence electrons. The molecule has 0 atom stereocenters. The molecule has 2 fully saturated rings. The largest absolute Gasteiger partial charge is 0.352 e. The molecule has 1 aromatic rings. The van der Waals surface area contributed by atoms with Crippen LogP contribution in [-0.4, -0.2) is 54.5 Å².